The van der Waals surface area contributed by atoms with Gasteiger partial charge in [0.25, 0.3) is 5.91 Å². The molecule has 1 unspecified atom stereocenters. The second kappa shape index (κ2) is 9.27. The van der Waals surface area contributed by atoms with Crippen LogP contribution in [0.2, 0.25) is 0 Å². The van der Waals surface area contributed by atoms with Crippen molar-refractivity contribution in [2.75, 3.05) is 13.1 Å². The zero-order valence-corrected chi connectivity index (χ0v) is 18.3. The number of imidazole rings is 1. The molecule has 3 aromatic carbocycles. The summed E-state index contributed by atoms with van der Waals surface area (Å²) in [6.07, 6.45) is 4.58. The highest BCUT2D eigenvalue weighted by atomic mass is 16.2. The first kappa shape index (κ1) is 20.9. The summed E-state index contributed by atoms with van der Waals surface area (Å²) in [6, 6.07) is 23.9. The summed E-state index contributed by atoms with van der Waals surface area (Å²) in [4.78, 5) is 20.0. The lowest BCUT2D eigenvalue weighted by Crippen LogP contribution is -2.41. The van der Waals surface area contributed by atoms with Crippen LogP contribution in [0.3, 0.4) is 0 Å². The molecule has 5 rings (SSSR count). The number of hydrogen-bond acceptors (Lipinski definition) is 4. The summed E-state index contributed by atoms with van der Waals surface area (Å²) in [5, 5.41) is 14.6. The SMILES string of the molecule is N#Cc1ccc(Cn2cncc2CN(C(=O)c2ccc3ccccc3c2)C2CCNC2)cc1. The van der Waals surface area contributed by atoms with Crippen molar-refractivity contribution in [3.63, 3.8) is 0 Å². The standard InChI is InChI=1S/C27H25N5O/c28-14-20-5-7-21(8-6-20)17-31-19-30-16-26(31)18-32(25-11-12-29-15-25)27(33)24-10-9-22-3-1-2-4-23(22)13-24/h1-10,13,16,19,25,29H,11-12,15,17-18H2. The Kier molecular flexibility index (Phi) is 5.88. The lowest BCUT2D eigenvalue weighted by atomic mass is 10.1. The van der Waals surface area contributed by atoms with Crippen LogP contribution < -0.4 is 5.32 Å². The number of nitrogens with one attached hydrogen (secondary N) is 1. The van der Waals surface area contributed by atoms with E-state index in [9.17, 15) is 4.79 Å². The fourth-order valence-corrected chi connectivity index (χ4v) is 4.44. The van der Waals surface area contributed by atoms with Gasteiger partial charge in [0, 0.05) is 30.9 Å². The number of rotatable bonds is 6. The van der Waals surface area contributed by atoms with E-state index in [0.29, 0.717) is 24.2 Å². The van der Waals surface area contributed by atoms with Gasteiger partial charge in [0.2, 0.25) is 0 Å². The number of amides is 1. The van der Waals surface area contributed by atoms with Crippen molar-refractivity contribution in [2.24, 2.45) is 0 Å². The minimum absolute atomic E-state index is 0.0422. The van der Waals surface area contributed by atoms with Crippen LogP contribution in [0.15, 0.2) is 79.3 Å². The maximum absolute atomic E-state index is 13.7. The van der Waals surface area contributed by atoms with Gasteiger partial charge >= 0.3 is 0 Å². The third-order valence-electron chi connectivity index (χ3n) is 6.30. The first-order chi connectivity index (χ1) is 16.2. The van der Waals surface area contributed by atoms with Crippen molar-refractivity contribution < 1.29 is 4.79 Å². The Morgan fingerprint density at radius 1 is 1.12 bits per heavy atom. The molecule has 2 heterocycles. The zero-order valence-electron chi connectivity index (χ0n) is 18.3. The molecule has 1 aromatic heterocycles. The van der Waals surface area contributed by atoms with Gasteiger partial charge in [-0.25, -0.2) is 4.98 Å². The predicted molar refractivity (Wildman–Crippen MR) is 128 cm³/mol. The molecule has 6 heteroatoms. The molecule has 1 fully saturated rings. The van der Waals surface area contributed by atoms with Crippen LogP contribution in [0.1, 0.15) is 33.6 Å². The van der Waals surface area contributed by atoms with Gasteiger partial charge in [-0.2, -0.15) is 5.26 Å². The highest BCUT2D eigenvalue weighted by Gasteiger charge is 2.28. The lowest BCUT2D eigenvalue weighted by molar-refractivity contribution is 0.0671. The van der Waals surface area contributed by atoms with Crippen LogP contribution in [0.25, 0.3) is 10.8 Å². The Labute approximate surface area is 193 Å². The van der Waals surface area contributed by atoms with Crippen molar-refractivity contribution >= 4 is 16.7 Å². The van der Waals surface area contributed by atoms with Gasteiger partial charge in [0.15, 0.2) is 0 Å². The number of hydrogen-bond donors (Lipinski definition) is 1. The van der Waals surface area contributed by atoms with Crippen molar-refractivity contribution in [1.29, 1.82) is 5.26 Å². The highest BCUT2D eigenvalue weighted by Crippen LogP contribution is 2.21. The third-order valence-corrected chi connectivity index (χ3v) is 6.30. The van der Waals surface area contributed by atoms with Gasteiger partial charge in [-0.15, -0.1) is 0 Å². The Hall–Kier alpha value is -3.95. The van der Waals surface area contributed by atoms with E-state index < -0.39 is 0 Å². The molecule has 1 aliphatic rings. The summed E-state index contributed by atoms with van der Waals surface area (Å²) in [7, 11) is 0. The second-order valence-corrected chi connectivity index (χ2v) is 8.46. The maximum Gasteiger partial charge on any atom is 0.254 e. The quantitative estimate of drug-likeness (QED) is 0.498. The number of nitrogens with zero attached hydrogens (tertiary/aromatic N) is 4. The minimum Gasteiger partial charge on any atom is -0.329 e. The smallest absolute Gasteiger partial charge is 0.254 e. The van der Waals surface area contributed by atoms with Gasteiger partial charge in [-0.05, 0) is 53.6 Å². The maximum atomic E-state index is 13.7. The first-order valence-electron chi connectivity index (χ1n) is 11.2. The van der Waals surface area contributed by atoms with Crippen LogP contribution in [-0.2, 0) is 13.1 Å². The topological polar surface area (TPSA) is 74.0 Å². The van der Waals surface area contributed by atoms with E-state index in [1.807, 2.05) is 71.8 Å². The molecule has 0 aliphatic carbocycles. The molecule has 1 N–H and O–H groups in total. The molecule has 164 valence electrons. The Morgan fingerprint density at radius 3 is 2.70 bits per heavy atom. The summed E-state index contributed by atoms with van der Waals surface area (Å²) in [5.41, 5.74) is 3.42. The van der Waals surface area contributed by atoms with E-state index in [-0.39, 0.29) is 11.9 Å². The van der Waals surface area contributed by atoms with E-state index in [1.54, 1.807) is 6.33 Å². The molecule has 1 amide bonds. The zero-order chi connectivity index (χ0) is 22.6. The van der Waals surface area contributed by atoms with Crippen LogP contribution in [0, 0.1) is 11.3 Å². The summed E-state index contributed by atoms with van der Waals surface area (Å²) in [6.45, 7) is 2.84. The number of nitriles is 1. The number of aromatic nitrogens is 2. The Bertz CT molecular complexity index is 1310. The van der Waals surface area contributed by atoms with Crippen LogP contribution >= 0.6 is 0 Å². The molecule has 0 spiro atoms. The fraction of sp³-hybridized carbons (Fsp3) is 0.222. The molecule has 1 atom stereocenters. The van der Waals surface area contributed by atoms with Crippen LogP contribution in [0.4, 0.5) is 0 Å². The van der Waals surface area contributed by atoms with Gasteiger partial charge in [0.05, 0.1) is 30.2 Å². The molecule has 1 aliphatic heterocycles. The molecular formula is C27H25N5O. The van der Waals surface area contributed by atoms with Crippen molar-refractivity contribution in [1.82, 2.24) is 19.8 Å². The van der Waals surface area contributed by atoms with Crippen LogP contribution in [-0.4, -0.2) is 39.5 Å². The minimum atomic E-state index is 0.0422. The van der Waals surface area contributed by atoms with Crippen LogP contribution in [0.5, 0.6) is 0 Å². The van der Waals surface area contributed by atoms with Crippen molar-refractivity contribution in [3.05, 3.63) is 102 Å². The summed E-state index contributed by atoms with van der Waals surface area (Å²) in [5.74, 6) is 0.0422. The average molecular weight is 436 g/mol. The number of carbonyl (C=O) groups excluding carboxylic acids is 1. The fourth-order valence-electron chi connectivity index (χ4n) is 4.44. The van der Waals surface area contributed by atoms with E-state index in [0.717, 1.165) is 41.5 Å². The average Bonchev–Trinajstić information content (AvgIpc) is 3.55. The molecule has 33 heavy (non-hydrogen) atoms. The number of fused-ring (bicyclic) bond motifs is 1. The number of benzene rings is 3. The predicted octanol–water partition coefficient (Wildman–Crippen LogP) is 3.96. The Morgan fingerprint density at radius 2 is 1.94 bits per heavy atom. The van der Waals surface area contributed by atoms with Gasteiger partial charge in [0.1, 0.15) is 0 Å². The molecule has 6 nitrogen and oxygen atoms in total. The molecule has 1 saturated heterocycles. The lowest BCUT2D eigenvalue weighted by Gasteiger charge is -2.29. The summed E-state index contributed by atoms with van der Waals surface area (Å²) >= 11 is 0. The second-order valence-electron chi connectivity index (χ2n) is 8.46. The monoisotopic (exact) mass is 435 g/mol. The molecular weight excluding hydrogens is 410 g/mol. The third kappa shape index (κ3) is 4.50. The molecule has 4 aromatic rings. The Balaban J connectivity index is 1.41. The van der Waals surface area contributed by atoms with Gasteiger partial charge in [-0.1, -0.05) is 42.5 Å². The molecule has 0 bridgehead atoms. The highest BCUT2D eigenvalue weighted by molar-refractivity contribution is 5.98. The van der Waals surface area contributed by atoms with Gasteiger partial charge < -0.3 is 14.8 Å². The largest absolute Gasteiger partial charge is 0.329 e. The molecule has 0 radical (unpaired) electrons. The van der Waals surface area contributed by atoms with Crippen molar-refractivity contribution in [2.45, 2.75) is 25.6 Å². The normalized spacial score (nSPS) is 15.4. The first-order valence-corrected chi connectivity index (χ1v) is 11.2. The van der Waals surface area contributed by atoms with Crippen molar-refractivity contribution in [3.8, 4) is 6.07 Å². The van der Waals surface area contributed by atoms with E-state index in [4.69, 9.17) is 5.26 Å². The van der Waals surface area contributed by atoms with Gasteiger partial charge in [-0.3, -0.25) is 4.79 Å². The van der Waals surface area contributed by atoms with E-state index in [2.05, 4.69) is 27.0 Å². The summed E-state index contributed by atoms with van der Waals surface area (Å²) < 4.78 is 2.07. The van der Waals surface area contributed by atoms with E-state index >= 15 is 0 Å². The molecule has 0 saturated carbocycles. The number of carbonyl (C=O) groups is 1. The van der Waals surface area contributed by atoms with E-state index in [1.165, 1.54) is 0 Å².